The fourth-order valence-corrected chi connectivity index (χ4v) is 2.71. The van der Waals surface area contributed by atoms with E-state index in [0.717, 1.165) is 0 Å². The van der Waals surface area contributed by atoms with Crippen molar-refractivity contribution in [1.29, 1.82) is 0 Å². The van der Waals surface area contributed by atoms with Crippen LogP contribution in [0.15, 0.2) is 0 Å². The molecule has 2 atom stereocenters. The number of hydrogen-bond donors (Lipinski definition) is 2. The van der Waals surface area contributed by atoms with E-state index in [-0.39, 0.29) is 25.0 Å². The van der Waals surface area contributed by atoms with Gasteiger partial charge in [-0.3, -0.25) is 9.59 Å². The first-order chi connectivity index (χ1) is 9.20. The van der Waals surface area contributed by atoms with Crippen LogP contribution in [0.3, 0.4) is 0 Å². The average Bonchev–Trinajstić information content (AvgIpc) is 2.38. The molecule has 0 bridgehead atoms. The maximum atomic E-state index is 12.6. The monoisotopic (exact) mass is 286 g/mol. The van der Waals surface area contributed by atoms with Gasteiger partial charge in [0.25, 0.3) is 0 Å². The van der Waals surface area contributed by atoms with Crippen molar-refractivity contribution < 1.29 is 19.4 Å². The molecular formula is C14H26N2O4. The van der Waals surface area contributed by atoms with E-state index in [4.69, 9.17) is 15.6 Å². The van der Waals surface area contributed by atoms with Crippen molar-refractivity contribution in [3.05, 3.63) is 0 Å². The Hall–Kier alpha value is -1.14. The minimum absolute atomic E-state index is 0.0281. The Bertz CT molecular complexity index is 383. The molecule has 116 valence electrons. The van der Waals surface area contributed by atoms with Crippen LogP contribution >= 0.6 is 0 Å². The zero-order chi connectivity index (χ0) is 15.6. The molecule has 0 aromatic rings. The summed E-state index contributed by atoms with van der Waals surface area (Å²) in [5.41, 5.74) is 4.89. The second-order valence-corrected chi connectivity index (χ2v) is 5.87. The second-order valence-electron chi connectivity index (χ2n) is 5.87. The number of carbonyl (C=O) groups is 2. The Kier molecular flexibility index (Phi) is 5.15. The molecule has 6 heteroatoms. The largest absolute Gasteiger partial charge is 0.481 e. The molecule has 0 aromatic carbocycles. The van der Waals surface area contributed by atoms with Crippen molar-refractivity contribution in [3.8, 4) is 0 Å². The topological polar surface area (TPSA) is 92.9 Å². The molecule has 6 nitrogen and oxygen atoms in total. The van der Waals surface area contributed by atoms with Gasteiger partial charge in [-0.1, -0.05) is 13.8 Å². The number of rotatable bonds is 7. The van der Waals surface area contributed by atoms with E-state index in [1.807, 2.05) is 27.7 Å². The van der Waals surface area contributed by atoms with Crippen LogP contribution in [0.1, 0.15) is 40.5 Å². The SMILES string of the molecule is CCOC1CC(N)(C(=O)N(CC)CCC(=O)O)C1(C)C. The number of ether oxygens (including phenoxy) is 1. The highest BCUT2D eigenvalue weighted by Crippen LogP contribution is 2.50. The molecule has 0 spiro atoms. The van der Waals surface area contributed by atoms with Gasteiger partial charge in [0.05, 0.1) is 12.5 Å². The molecule has 1 rings (SSSR count). The van der Waals surface area contributed by atoms with Crippen LogP contribution in [0, 0.1) is 5.41 Å². The lowest BCUT2D eigenvalue weighted by Crippen LogP contribution is -2.76. The normalized spacial score (nSPS) is 27.8. The average molecular weight is 286 g/mol. The van der Waals surface area contributed by atoms with Gasteiger partial charge >= 0.3 is 5.97 Å². The maximum absolute atomic E-state index is 12.6. The van der Waals surface area contributed by atoms with Crippen LogP contribution in [-0.2, 0) is 14.3 Å². The van der Waals surface area contributed by atoms with Crippen LogP contribution in [-0.4, -0.2) is 53.2 Å². The quantitative estimate of drug-likeness (QED) is 0.723. The number of carbonyl (C=O) groups excluding carboxylic acids is 1. The number of carboxylic acid groups (broad SMARTS) is 1. The molecule has 1 aliphatic rings. The molecule has 1 fully saturated rings. The lowest BCUT2D eigenvalue weighted by molar-refractivity contribution is -0.179. The molecule has 0 heterocycles. The summed E-state index contributed by atoms with van der Waals surface area (Å²) in [4.78, 5) is 24.8. The first-order valence-corrected chi connectivity index (χ1v) is 7.12. The van der Waals surface area contributed by atoms with Gasteiger partial charge in [0.15, 0.2) is 0 Å². The van der Waals surface area contributed by atoms with Crippen molar-refractivity contribution in [2.45, 2.75) is 52.2 Å². The summed E-state index contributed by atoms with van der Waals surface area (Å²) in [5, 5.41) is 8.74. The van der Waals surface area contributed by atoms with Crippen LogP contribution < -0.4 is 5.73 Å². The van der Waals surface area contributed by atoms with Crippen LogP contribution in [0.4, 0.5) is 0 Å². The number of nitrogens with two attached hydrogens (primary N) is 1. The summed E-state index contributed by atoms with van der Waals surface area (Å²) in [7, 11) is 0. The number of carboxylic acids is 1. The highest BCUT2D eigenvalue weighted by molar-refractivity contribution is 5.89. The zero-order valence-corrected chi connectivity index (χ0v) is 12.8. The fourth-order valence-electron chi connectivity index (χ4n) is 2.71. The lowest BCUT2D eigenvalue weighted by Gasteiger charge is -2.58. The molecule has 3 N–H and O–H groups in total. The van der Waals surface area contributed by atoms with E-state index >= 15 is 0 Å². The highest BCUT2D eigenvalue weighted by Gasteiger charge is 2.63. The van der Waals surface area contributed by atoms with Gasteiger partial charge in [-0.25, -0.2) is 0 Å². The van der Waals surface area contributed by atoms with E-state index in [1.165, 1.54) is 4.90 Å². The van der Waals surface area contributed by atoms with E-state index in [9.17, 15) is 9.59 Å². The second kappa shape index (κ2) is 6.10. The number of aliphatic carboxylic acids is 1. The van der Waals surface area contributed by atoms with Crippen LogP contribution in [0.5, 0.6) is 0 Å². The molecule has 0 aliphatic heterocycles. The smallest absolute Gasteiger partial charge is 0.305 e. The van der Waals surface area contributed by atoms with E-state index in [1.54, 1.807) is 0 Å². The van der Waals surface area contributed by atoms with E-state index < -0.39 is 16.9 Å². The third-order valence-corrected chi connectivity index (χ3v) is 4.48. The van der Waals surface area contributed by atoms with Gasteiger partial charge in [-0.05, 0) is 13.8 Å². The van der Waals surface area contributed by atoms with Crippen molar-refractivity contribution in [2.75, 3.05) is 19.7 Å². The first kappa shape index (κ1) is 16.9. The van der Waals surface area contributed by atoms with Crippen LogP contribution in [0.25, 0.3) is 0 Å². The van der Waals surface area contributed by atoms with Crippen molar-refractivity contribution in [3.63, 3.8) is 0 Å². The van der Waals surface area contributed by atoms with E-state index in [0.29, 0.717) is 19.6 Å². The Morgan fingerprint density at radius 2 is 2.00 bits per heavy atom. The third-order valence-electron chi connectivity index (χ3n) is 4.48. The van der Waals surface area contributed by atoms with Gasteiger partial charge < -0.3 is 20.5 Å². The number of nitrogens with zero attached hydrogens (tertiary/aromatic N) is 1. The Morgan fingerprint density at radius 3 is 2.40 bits per heavy atom. The van der Waals surface area contributed by atoms with Gasteiger partial charge in [-0.2, -0.15) is 0 Å². The summed E-state index contributed by atoms with van der Waals surface area (Å²) < 4.78 is 5.61. The summed E-state index contributed by atoms with van der Waals surface area (Å²) in [6.45, 7) is 8.85. The predicted octanol–water partition coefficient (Wildman–Crippen LogP) is 0.842. The molecule has 0 saturated heterocycles. The molecule has 0 radical (unpaired) electrons. The summed E-state index contributed by atoms with van der Waals surface area (Å²) in [6.07, 6.45) is 0.390. The molecule has 1 saturated carbocycles. The molecule has 1 aliphatic carbocycles. The first-order valence-electron chi connectivity index (χ1n) is 7.12. The minimum Gasteiger partial charge on any atom is -0.481 e. The lowest BCUT2D eigenvalue weighted by atomic mass is 9.54. The molecule has 20 heavy (non-hydrogen) atoms. The fraction of sp³-hybridized carbons (Fsp3) is 0.857. The zero-order valence-electron chi connectivity index (χ0n) is 12.8. The number of hydrogen-bond acceptors (Lipinski definition) is 4. The van der Waals surface area contributed by atoms with Gasteiger partial charge in [0.1, 0.15) is 5.54 Å². The van der Waals surface area contributed by atoms with Crippen molar-refractivity contribution >= 4 is 11.9 Å². The van der Waals surface area contributed by atoms with Gasteiger partial charge in [0.2, 0.25) is 5.91 Å². The maximum Gasteiger partial charge on any atom is 0.305 e. The van der Waals surface area contributed by atoms with Crippen LogP contribution in [0.2, 0.25) is 0 Å². The summed E-state index contributed by atoms with van der Waals surface area (Å²) in [6, 6.07) is 0. The standard InChI is InChI=1S/C14H26N2O4/c1-5-16(8-7-11(17)18)12(19)14(15)9-10(20-6-2)13(14,3)4/h10H,5-9,15H2,1-4H3,(H,17,18). The van der Waals surface area contributed by atoms with Gasteiger partial charge in [-0.15, -0.1) is 0 Å². The number of amides is 1. The summed E-state index contributed by atoms with van der Waals surface area (Å²) in [5.74, 6) is -1.09. The summed E-state index contributed by atoms with van der Waals surface area (Å²) >= 11 is 0. The molecule has 0 aromatic heterocycles. The van der Waals surface area contributed by atoms with Crippen molar-refractivity contribution in [2.24, 2.45) is 11.1 Å². The third kappa shape index (κ3) is 2.81. The van der Waals surface area contributed by atoms with Crippen molar-refractivity contribution in [1.82, 2.24) is 4.90 Å². The highest BCUT2D eigenvalue weighted by atomic mass is 16.5. The Morgan fingerprint density at radius 1 is 1.40 bits per heavy atom. The minimum atomic E-state index is -0.971. The number of likely N-dealkylation sites (N-methyl/N-ethyl adjacent to an activating group) is 1. The Balaban J connectivity index is 2.77. The molecule has 2 unspecified atom stereocenters. The Labute approximate surface area is 120 Å². The molecular weight excluding hydrogens is 260 g/mol. The van der Waals surface area contributed by atoms with Gasteiger partial charge in [0, 0.05) is 31.5 Å². The molecule has 1 amide bonds. The predicted molar refractivity (Wildman–Crippen MR) is 75.2 cm³/mol. The van der Waals surface area contributed by atoms with E-state index in [2.05, 4.69) is 0 Å².